The van der Waals surface area contributed by atoms with Crippen LogP contribution in [0.25, 0.3) is 0 Å². The number of nitro benzene ring substituents is 1. The Labute approximate surface area is 177 Å². The first-order valence-corrected chi connectivity index (χ1v) is 11.4. The van der Waals surface area contributed by atoms with Crippen LogP contribution in [-0.4, -0.2) is 31.5 Å². The number of carbonyl (C=O) groups is 1. The molecule has 0 aliphatic rings. The van der Waals surface area contributed by atoms with E-state index in [1.807, 2.05) is 39.0 Å². The van der Waals surface area contributed by atoms with Gasteiger partial charge in [0.25, 0.3) is 5.69 Å². The first-order valence-electron chi connectivity index (χ1n) is 9.57. The van der Waals surface area contributed by atoms with Crippen molar-refractivity contribution in [2.24, 2.45) is 0 Å². The molecule has 2 atom stereocenters. The minimum Gasteiger partial charge on any atom is -0.348 e. The summed E-state index contributed by atoms with van der Waals surface area (Å²) in [4.78, 5) is 23.6. The van der Waals surface area contributed by atoms with E-state index in [0.717, 1.165) is 33.3 Å². The lowest BCUT2D eigenvalue weighted by molar-refractivity contribution is -0.384. The summed E-state index contributed by atoms with van der Waals surface area (Å²) in [5.74, 6) is -0.470. The maximum atomic E-state index is 13.1. The number of aryl methyl sites for hydroxylation is 2. The van der Waals surface area contributed by atoms with E-state index in [2.05, 4.69) is 5.32 Å². The highest BCUT2D eigenvalue weighted by Gasteiger charge is 2.33. The van der Waals surface area contributed by atoms with Crippen molar-refractivity contribution in [1.82, 2.24) is 5.32 Å². The topological polar surface area (TPSA) is 110 Å². The smallest absolute Gasteiger partial charge is 0.271 e. The highest BCUT2D eigenvalue weighted by Crippen LogP contribution is 2.27. The zero-order valence-electron chi connectivity index (χ0n) is 17.7. The zero-order valence-corrected chi connectivity index (χ0v) is 18.6. The summed E-state index contributed by atoms with van der Waals surface area (Å²) in [5.41, 5.74) is 2.89. The van der Waals surface area contributed by atoms with Crippen molar-refractivity contribution in [2.75, 3.05) is 10.6 Å². The summed E-state index contributed by atoms with van der Waals surface area (Å²) < 4.78 is 26.0. The van der Waals surface area contributed by atoms with E-state index in [0.29, 0.717) is 0 Å². The standard InChI is InChI=1S/C21H27N3O5S/c1-6-20(21(25)22-16(4)19-11-10-14(2)12-15(19)3)23(30(5,28)29)17-8-7-9-18(13-17)24(26)27/h7-13,16,20H,6H2,1-5H3,(H,22,25). The van der Waals surface area contributed by atoms with Crippen molar-refractivity contribution in [3.8, 4) is 0 Å². The normalized spacial score (nSPS) is 13.4. The molecule has 9 heteroatoms. The molecular formula is C21H27N3O5S. The number of carbonyl (C=O) groups excluding carboxylic acids is 1. The molecule has 0 aromatic heterocycles. The van der Waals surface area contributed by atoms with Crippen molar-refractivity contribution in [2.45, 2.75) is 46.2 Å². The van der Waals surface area contributed by atoms with E-state index >= 15 is 0 Å². The second-order valence-corrected chi connectivity index (χ2v) is 9.21. The maximum absolute atomic E-state index is 13.1. The van der Waals surface area contributed by atoms with Crippen LogP contribution in [0.15, 0.2) is 42.5 Å². The number of hydrogen-bond acceptors (Lipinski definition) is 5. The van der Waals surface area contributed by atoms with Crippen LogP contribution in [0.2, 0.25) is 0 Å². The Kier molecular flexibility index (Phi) is 7.20. The lowest BCUT2D eigenvalue weighted by Crippen LogP contribution is -2.49. The van der Waals surface area contributed by atoms with Gasteiger partial charge < -0.3 is 5.32 Å². The number of anilines is 1. The van der Waals surface area contributed by atoms with Crippen LogP contribution in [0.1, 0.15) is 43.0 Å². The summed E-state index contributed by atoms with van der Waals surface area (Å²) in [6, 6.07) is 9.79. The Morgan fingerprint density at radius 3 is 2.40 bits per heavy atom. The lowest BCUT2D eigenvalue weighted by Gasteiger charge is -2.31. The highest BCUT2D eigenvalue weighted by atomic mass is 32.2. The molecule has 0 aliphatic heterocycles. The second-order valence-electron chi connectivity index (χ2n) is 7.35. The van der Waals surface area contributed by atoms with Crippen LogP contribution in [0.3, 0.4) is 0 Å². The molecule has 2 rings (SSSR count). The zero-order chi connectivity index (χ0) is 22.6. The molecule has 2 aromatic rings. The number of rotatable bonds is 8. The van der Waals surface area contributed by atoms with Gasteiger partial charge in [0.1, 0.15) is 6.04 Å². The molecule has 0 aliphatic carbocycles. The Bertz CT molecular complexity index is 1050. The van der Waals surface area contributed by atoms with E-state index < -0.39 is 26.9 Å². The Hall–Kier alpha value is -2.94. The molecule has 0 saturated carbocycles. The average molecular weight is 434 g/mol. The molecule has 8 nitrogen and oxygen atoms in total. The monoisotopic (exact) mass is 433 g/mol. The average Bonchev–Trinajstić information content (AvgIpc) is 2.64. The van der Waals surface area contributed by atoms with Gasteiger partial charge in [0, 0.05) is 12.1 Å². The predicted octanol–water partition coefficient (Wildman–Crippen LogP) is 3.63. The quantitative estimate of drug-likeness (QED) is 0.505. The maximum Gasteiger partial charge on any atom is 0.271 e. The van der Waals surface area contributed by atoms with Gasteiger partial charge in [-0.15, -0.1) is 0 Å². The van der Waals surface area contributed by atoms with Gasteiger partial charge in [0.15, 0.2) is 0 Å². The molecule has 0 radical (unpaired) electrons. The minimum absolute atomic E-state index is 0.0767. The third kappa shape index (κ3) is 5.35. The number of amides is 1. The third-order valence-corrected chi connectivity index (χ3v) is 6.06. The second kappa shape index (κ2) is 9.25. The molecule has 0 saturated heterocycles. The lowest BCUT2D eigenvalue weighted by atomic mass is 10.00. The number of sulfonamides is 1. The van der Waals surface area contributed by atoms with E-state index in [1.165, 1.54) is 18.2 Å². The molecule has 162 valence electrons. The number of hydrogen-bond donors (Lipinski definition) is 1. The van der Waals surface area contributed by atoms with Gasteiger partial charge in [-0.2, -0.15) is 0 Å². The van der Waals surface area contributed by atoms with Crippen molar-refractivity contribution < 1.29 is 18.1 Å². The summed E-state index contributed by atoms with van der Waals surface area (Å²) in [6.45, 7) is 7.46. The van der Waals surface area contributed by atoms with Gasteiger partial charge in [-0.25, -0.2) is 8.42 Å². The molecule has 0 bridgehead atoms. The molecule has 1 N–H and O–H groups in total. The van der Waals surface area contributed by atoms with E-state index in [1.54, 1.807) is 6.92 Å². The summed E-state index contributed by atoms with van der Waals surface area (Å²) in [6.07, 6.45) is 1.18. The van der Waals surface area contributed by atoms with E-state index in [-0.39, 0.29) is 23.8 Å². The fraction of sp³-hybridized carbons (Fsp3) is 0.381. The SMILES string of the molecule is CCC(C(=O)NC(C)c1ccc(C)cc1C)N(c1cccc([N+](=O)[O-])c1)S(C)(=O)=O. The highest BCUT2D eigenvalue weighted by molar-refractivity contribution is 7.92. The molecule has 1 amide bonds. The van der Waals surface area contributed by atoms with Crippen LogP contribution in [0.4, 0.5) is 11.4 Å². The van der Waals surface area contributed by atoms with Gasteiger partial charge in [0.2, 0.25) is 15.9 Å². The van der Waals surface area contributed by atoms with Crippen molar-refractivity contribution >= 4 is 27.3 Å². The first-order chi connectivity index (χ1) is 14.0. The summed E-state index contributed by atoms with van der Waals surface area (Å²) in [5, 5.41) is 14.0. The predicted molar refractivity (Wildman–Crippen MR) is 117 cm³/mol. The van der Waals surface area contributed by atoms with Crippen molar-refractivity contribution in [3.63, 3.8) is 0 Å². The fourth-order valence-corrected chi connectivity index (χ4v) is 4.71. The van der Waals surface area contributed by atoms with Gasteiger partial charge in [-0.1, -0.05) is 36.8 Å². The third-order valence-electron chi connectivity index (χ3n) is 4.88. The van der Waals surface area contributed by atoms with Crippen LogP contribution >= 0.6 is 0 Å². The molecule has 0 spiro atoms. The number of benzene rings is 2. The fourth-order valence-electron chi connectivity index (χ4n) is 3.50. The van der Waals surface area contributed by atoms with Gasteiger partial charge in [-0.05, 0) is 44.4 Å². The molecule has 2 aromatic carbocycles. The molecule has 30 heavy (non-hydrogen) atoms. The van der Waals surface area contributed by atoms with Crippen LogP contribution in [0.5, 0.6) is 0 Å². The molecule has 2 unspecified atom stereocenters. The van der Waals surface area contributed by atoms with Gasteiger partial charge in [0.05, 0.1) is 22.9 Å². The van der Waals surface area contributed by atoms with Crippen LogP contribution < -0.4 is 9.62 Å². The number of nitro groups is 1. The first kappa shape index (κ1) is 23.3. The number of non-ortho nitro benzene ring substituents is 1. The minimum atomic E-state index is -3.88. The Balaban J connectivity index is 2.38. The van der Waals surface area contributed by atoms with E-state index in [9.17, 15) is 23.3 Å². The Morgan fingerprint density at radius 2 is 1.87 bits per heavy atom. The van der Waals surface area contributed by atoms with Crippen LogP contribution in [-0.2, 0) is 14.8 Å². The number of nitrogens with zero attached hydrogens (tertiary/aromatic N) is 2. The molecule has 0 fully saturated rings. The van der Waals surface area contributed by atoms with Crippen molar-refractivity contribution in [3.05, 3.63) is 69.3 Å². The Morgan fingerprint density at radius 1 is 1.20 bits per heavy atom. The summed E-state index contributed by atoms with van der Waals surface area (Å²) in [7, 11) is -3.88. The summed E-state index contributed by atoms with van der Waals surface area (Å²) >= 11 is 0. The van der Waals surface area contributed by atoms with Gasteiger partial charge >= 0.3 is 0 Å². The van der Waals surface area contributed by atoms with Crippen LogP contribution in [0, 0.1) is 24.0 Å². The van der Waals surface area contributed by atoms with Gasteiger partial charge in [-0.3, -0.25) is 19.2 Å². The van der Waals surface area contributed by atoms with E-state index in [4.69, 9.17) is 0 Å². The molecular weight excluding hydrogens is 406 g/mol. The number of nitrogens with one attached hydrogen (secondary N) is 1. The largest absolute Gasteiger partial charge is 0.348 e. The molecule has 0 heterocycles. The van der Waals surface area contributed by atoms with Crippen molar-refractivity contribution in [1.29, 1.82) is 0 Å².